The zero-order chi connectivity index (χ0) is 11.9. The third kappa shape index (κ3) is 3.86. The first-order valence-electron chi connectivity index (χ1n) is 6.73. The van der Waals surface area contributed by atoms with Crippen molar-refractivity contribution >= 4 is 0 Å². The van der Waals surface area contributed by atoms with Gasteiger partial charge in [0.05, 0.1) is 6.26 Å². The summed E-state index contributed by atoms with van der Waals surface area (Å²) in [5.41, 5.74) is 0. The van der Waals surface area contributed by atoms with Gasteiger partial charge in [-0.3, -0.25) is 0 Å². The number of ether oxygens (including phenoxy) is 1. The quantitative estimate of drug-likeness (QED) is 0.826. The molecular weight excluding hydrogens is 214 g/mol. The van der Waals surface area contributed by atoms with E-state index in [0.717, 1.165) is 37.9 Å². The summed E-state index contributed by atoms with van der Waals surface area (Å²) in [6.45, 7) is 5.11. The monoisotopic (exact) mass is 237 g/mol. The molecule has 1 aliphatic rings. The molecule has 1 saturated heterocycles. The van der Waals surface area contributed by atoms with Crippen LogP contribution in [0.1, 0.15) is 31.9 Å². The highest BCUT2D eigenvalue weighted by molar-refractivity contribution is 5.01. The Morgan fingerprint density at radius 2 is 2.24 bits per heavy atom. The molecule has 1 unspecified atom stereocenters. The van der Waals surface area contributed by atoms with E-state index in [2.05, 4.69) is 18.3 Å². The Labute approximate surface area is 104 Å². The average molecular weight is 237 g/mol. The molecule has 0 amide bonds. The van der Waals surface area contributed by atoms with Crippen molar-refractivity contribution in [2.24, 2.45) is 5.92 Å². The van der Waals surface area contributed by atoms with Gasteiger partial charge in [0.15, 0.2) is 0 Å². The van der Waals surface area contributed by atoms with Crippen molar-refractivity contribution in [3.05, 3.63) is 24.2 Å². The molecule has 1 N–H and O–H groups in total. The fourth-order valence-electron chi connectivity index (χ4n) is 2.50. The third-order valence-electron chi connectivity index (χ3n) is 3.49. The lowest BCUT2D eigenvalue weighted by Crippen LogP contribution is -2.41. The minimum Gasteiger partial charge on any atom is -0.469 e. The van der Waals surface area contributed by atoms with Gasteiger partial charge in [-0.25, -0.2) is 0 Å². The van der Waals surface area contributed by atoms with Crippen molar-refractivity contribution in [1.29, 1.82) is 0 Å². The highest BCUT2D eigenvalue weighted by Crippen LogP contribution is 2.21. The summed E-state index contributed by atoms with van der Waals surface area (Å²) < 4.78 is 10.9. The smallest absolute Gasteiger partial charge is 0.105 e. The zero-order valence-electron chi connectivity index (χ0n) is 10.7. The van der Waals surface area contributed by atoms with Crippen molar-refractivity contribution in [2.75, 3.05) is 19.8 Å². The van der Waals surface area contributed by atoms with Gasteiger partial charge in [-0.05, 0) is 43.9 Å². The van der Waals surface area contributed by atoms with Crippen molar-refractivity contribution in [3.8, 4) is 0 Å². The molecule has 3 nitrogen and oxygen atoms in total. The SMILES string of the molecule is CCCNC(Cc1ccco1)C1CCOCC1. The molecule has 0 aromatic carbocycles. The molecule has 0 radical (unpaired) electrons. The fraction of sp³-hybridized carbons (Fsp3) is 0.714. The van der Waals surface area contributed by atoms with E-state index in [4.69, 9.17) is 9.15 Å². The van der Waals surface area contributed by atoms with Gasteiger partial charge in [-0.2, -0.15) is 0 Å². The van der Waals surface area contributed by atoms with Crippen LogP contribution in [0.25, 0.3) is 0 Å². The predicted molar refractivity (Wildman–Crippen MR) is 68.0 cm³/mol. The Kier molecular flexibility index (Phi) is 5.08. The number of furan rings is 1. The molecule has 0 spiro atoms. The number of rotatable bonds is 6. The summed E-state index contributed by atoms with van der Waals surface area (Å²) in [6, 6.07) is 4.57. The molecule has 1 aromatic rings. The highest BCUT2D eigenvalue weighted by atomic mass is 16.5. The van der Waals surface area contributed by atoms with E-state index in [9.17, 15) is 0 Å². The van der Waals surface area contributed by atoms with Crippen molar-refractivity contribution in [2.45, 2.75) is 38.6 Å². The maximum atomic E-state index is 5.46. The van der Waals surface area contributed by atoms with E-state index in [0.29, 0.717) is 6.04 Å². The minimum atomic E-state index is 0.532. The summed E-state index contributed by atoms with van der Waals surface area (Å²) in [5.74, 6) is 1.81. The number of hydrogen-bond donors (Lipinski definition) is 1. The molecule has 1 aliphatic heterocycles. The highest BCUT2D eigenvalue weighted by Gasteiger charge is 2.24. The van der Waals surface area contributed by atoms with E-state index in [-0.39, 0.29) is 0 Å². The van der Waals surface area contributed by atoms with Gasteiger partial charge in [0.25, 0.3) is 0 Å². The molecule has 96 valence electrons. The third-order valence-corrected chi connectivity index (χ3v) is 3.49. The maximum Gasteiger partial charge on any atom is 0.105 e. The number of nitrogens with one attached hydrogen (secondary N) is 1. The second-order valence-corrected chi connectivity index (χ2v) is 4.79. The maximum absolute atomic E-state index is 5.46. The Morgan fingerprint density at radius 3 is 2.88 bits per heavy atom. The van der Waals surface area contributed by atoms with E-state index >= 15 is 0 Å². The van der Waals surface area contributed by atoms with Gasteiger partial charge in [0, 0.05) is 25.7 Å². The van der Waals surface area contributed by atoms with Crippen LogP contribution in [0.3, 0.4) is 0 Å². The van der Waals surface area contributed by atoms with Crippen molar-refractivity contribution in [3.63, 3.8) is 0 Å². The van der Waals surface area contributed by atoms with E-state index in [1.165, 1.54) is 19.3 Å². The lowest BCUT2D eigenvalue weighted by molar-refractivity contribution is 0.0531. The van der Waals surface area contributed by atoms with E-state index < -0.39 is 0 Å². The Bertz CT molecular complexity index is 291. The van der Waals surface area contributed by atoms with Crippen LogP contribution in [0, 0.1) is 5.92 Å². The Hall–Kier alpha value is -0.800. The molecule has 1 fully saturated rings. The molecule has 3 heteroatoms. The van der Waals surface area contributed by atoms with Gasteiger partial charge in [0.2, 0.25) is 0 Å². The summed E-state index contributed by atoms with van der Waals surface area (Å²) in [7, 11) is 0. The summed E-state index contributed by atoms with van der Waals surface area (Å²) in [4.78, 5) is 0. The van der Waals surface area contributed by atoms with E-state index in [1.807, 2.05) is 6.07 Å². The van der Waals surface area contributed by atoms with Crippen LogP contribution >= 0.6 is 0 Å². The van der Waals surface area contributed by atoms with Crippen LogP contribution in [-0.4, -0.2) is 25.8 Å². The Morgan fingerprint density at radius 1 is 1.41 bits per heavy atom. The molecule has 2 heterocycles. The van der Waals surface area contributed by atoms with Crippen LogP contribution in [0.2, 0.25) is 0 Å². The second-order valence-electron chi connectivity index (χ2n) is 4.79. The lowest BCUT2D eigenvalue weighted by Gasteiger charge is -2.30. The van der Waals surface area contributed by atoms with Gasteiger partial charge < -0.3 is 14.5 Å². The molecule has 0 saturated carbocycles. The average Bonchev–Trinajstić information content (AvgIpc) is 2.88. The zero-order valence-corrected chi connectivity index (χ0v) is 10.7. The first-order chi connectivity index (χ1) is 8.40. The summed E-state index contributed by atoms with van der Waals surface area (Å²) in [6.07, 6.45) is 6.27. The largest absolute Gasteiger partial charge is 0.469 e. The first-order valence-corrected chi connectivity index (χ1v) is 6.73. The van der Waals surface area contributed by atoms with Crippen LogP contribution in [-0.2, 0) is 11.2 Å². The van der Waals surface area contributed by atoms with Crippen molar-refractivity contribution < 1.29 is 9.15 Å². The van der Waals surface area contributed by atoms with E-state index in [1.54, 1.807) is 6.26 Å². The minimum absolute atomic E-state index is 0.532. The van der Waals surface area contributed by atoms with Gasteiger partial charge in [0.1, 0.15) is 5.76 Å². The number of hydrogen-bond acceptors (Lipinski definition) is 3. The van der Waals surface area contributed by atoms with Gasteiger partial charge in [-0.1, -0.05) is 6.92 Å². The lowest BCUT2D eigenvalue weighted by atomic mass is 9.89. The van der Waals surface area contributed by atoms with Gasteiger partial charge >= 0.3 is 0 Å². The van der Waals surface area contributed by atoms with Crippen LogP contribution in [0.4, 0.5) is 0 Å². The topological polar surface area (TPSA) is 34.4 Å². The molecule has 1 aromatic heterocycles. The van der Waals surface area contributed by atoms with Crippen LogP contribution in [0.15, 0.2) is 22.8 Å². The van der Waals surface area contributed by atoms with Crippen molar-refractivity contribution in [1.82, 2.24) is 5.32 Å². The molecular formula is C14H23NO2. The second kappa shape index (κ2) is 6.82. The normalized spacial score (nSPS) is 19.4. The molecule has 2 rings (SSSR count). The summed E-state index contributed by atoms with van der Waals surface area (Å²) in [5, 5.41) is 3.66. The van der Waals surface area contributed by atoms with Gasteiger partial charge in [-0.15, -0.1) is 0 Å². The predicted octanol–water partition coefficient (Wildman–Crippen LogP) is 2.62. The summed E-state index contributed by atoms with van der Waals surface area (Å²) >= 11 is 0. The standard InChI is InChI=1S/C14H23NO2/c1-2-7-15-14(11-13-4-3-8-17-13)12-5-9-16-10-6-12/h3-4,8,12,14-15H,2,5-7,9-11H2,1H3. The first kappa shape index (κ1) is 12.7. The molecule has 0 aliphatic carbocycles. The molecule has 17 heavy (non-hydrogen) atoms. The molecule has 0 bridgehead atoms. The van der Waals surface area contributed by atoms with Crippen LogP contribution < -0.4 is 5.32 Å². The van der Waals surface area contributed by atoms with Crippen LogP contribution in [0.5, 0.6) is 0 Å². The molecule has 1 atom stereocenters. The Balaban J connectivity index is 1.91. The fourth-order valence-corrected chi connectivity index (χ4v) is 2.50.